The Kier molecular flexibility index (Phi) is 18.0. The quantitative estimate of drug-likeness (QED) is 0.101. The smallest absolute Gasteiger partial charge is 0.407 e. The minimum atomic E-state index is -3.10. The molecule has 0 aliphatic rings. The van der Waals surface area contributed by atoms with Gasteiger partial charge in [0.1, 0.15) is 31.8 Å². The molecule has 0 aliphatic carbocycles. The van der Waals surface area contributed by atoms with Crippen molar-refractivity contribution < 1.29 is 28.7 Å². The number of ether oxygens (including phenoxy) is 1. The van der Waals surface area contributed by atoms with E-state index in [4.69, 9.17) is 4.74 Å². The van der Waals surface area contributed by atoms with E-state index in [9.17, 15) is 24.0 Å². The Balaban J connectivity index is 1.93. The lowest BCUT2D eigenvalue weighted by Crippen LogP contribution is -2.72. The van der Waals surface area contributed by atoms with Gasteiger partial charge in [-0.25, -0.2) is 4.79 Å². The molecule has 0 aromatic heterocycles. The normalized spacial score (nSPS) is 14.3. The first-order chi connectivity index (χ1) is 27.0. The van der Waals surface area contributed by atoms with Crippen molar-refractivity contribution in [3.63, 3.8) is 0 Å². The summed E-state index contributed by atoms with van der Waals surface area (Å²) < 4.78 is 5.81. The number of alkyl carbamates (subject to hydrolysis) is 1. The maximum atomic E-state index is 13.9. The zero-order chi connectivity index (χ0) is 42.2. The van der Waals surface area contributed by atoms with Gasteiger partial charge in [-0.1, -0.05) is 135 Å². The molecule has 0 bridgehead atoms. The van der Waals surface area contributed by atoms with Crippen molar-refractivity contribution in [2.24, 2.45) is 11.8 Å². The standard InChI is InChI=1S/C45H65N5O6Si/c1-10-32(5)40(43(54)48-37(29-31(3)4)42(53)46-11-2)50-41(52)33(6)47-38(51)27-28-57(35-23-17-13-18-24-35,36-25-19-14-20-26-36)39(30-34-21-15-12-16-22-34)49-44(55)56-45(7,8)9/h12-26,31-33,37,39-40H,10-11,27-30H2,1-9H3,(H,46,53)(H,47,51)(H,48,54)(H,49,55)(H,50,52)/t32-,33-,37-,39+,40-/m0/s1. The molecule has 3 rings (SSSR count). The van der Waals surface area contributed by atoms with Gasteiger partial charge in [-0.15, -0.1) is 0 Å². The molecule has 0 spiro atoms. The first kappa shape index (κ1) is 46.4. The summed E-state index contributed by atoms with van der Waals surface area (Å²) in [7, 11) is -3.10. The minimum Gasteiger partial charge on any atom is -0.444 e. The molecule has 3 aromatic carbocycles. The SMILES string of the molecule is CCNC(=O)[C@H](CC(C)C)NC(=O)[C@@H](NC(=O)[C@H](C)NC(=O)CC[Si](c1ccccc1)(c1ccccc1)[C@H](Cc1ccccc1)NC(=O)OC(C)(C)C)[C@@H](C)CC. The van der Waals surface area contributed by atoms with Gasteiger partial charge in [0.25, 0.3) is 0 Å². The van der Waals surface area contributed by atoms with Crippen LogP contribution in [-0.2, 0) is 30.3 Å². The van der Waals surface area contributed by atoms with Crippen molar-refractivity contribution in [1.29, 1.82) is 0 Å². The molecule has 12 heteroatoms. The highest BCUT2D eigenvalue weighted by molar-refractivity contribution is 7.03. The molecule has 310 valence electrons. The molecular formula is C45H65N5O6Si. The van der Waals surface area contributed by atoms with E-state index in [1.165, 1.54) is 0 Å². The number of benzene rings is 3. The highest BCUT2D eigenvalue weighted by Crippen LogP contribution is 2.23. The lowest BCUT2D eigenvalue weighted by atomic mass is 9.96. The molecule has 0 radical (unpaired) electrons. The lowest BCUT2D eigenvalue weighted by molar-refractivity contribution is -0.134. The summed E-state index contributed by atoms with van der Waals surface area (Å²) in [6.45, 7) is 17.1. The molecule has 5 amide bonds. The predicted octanol–water partition coefficient (Wildman–Crippen LogP) is 5.02. The van der Waals surface area contributed by atoms with Gasteiger partial charge in [-0.3, -0.25) is 19.2 Å². The second-order valence-electron chi connectivity index (χ2n) is 16.3. The largest absolute Gasteiger partial charge is 0.444 e. The summed E-state index contributed by atoms with van der Waals surface area (Å²) in [6, 6.07) is 27.8. The lowest BCUT2D eigenvalue weighted by Gasteiger charge is -2.41. The van der Waals surface area contributed by atoms with Crippen LogP contribution in [0.1, 0.15) is 87.1 Å². The molecule has 0 aliphatic heterocycles. The van der Waals surface area contributed by atoms with Crippen LogP contribution in [0.15, 0.2) is 91.0 Å². The van der Waals surface area contributed by atoms with E-state index < -0.39 is 55.4 Å². The molecule has 11 nitrogen and oxygen atoms in total. The number of likely N-dealkylation sites (N-methyl/N-ethyl adjacent to an activating group) is 1. The van der Waals surface area contributed by atoms with Gasteiger partial charge in [0, 0.05) is 18.6 Å². The van der Waals surface area contributed by atoms with Crippen molar-refractivity contribution in [3.05, 3.63) is 96.6 Å². The van der Waals surface area contributed by atoms with E-state index in [2.05, 4.69) is 50.8 Å². The fraction of sp³-hybridized carbons (Fsp3) is 0.489. The third-order valence-electron chi connectivity index (χ3n) is 10.1. The van der Waals surface area contributed by atoms with E-state index in [0.717, 1.165) is 15.9 Å². The average Bonchev–Trinajstić information content (AvgIpc) is 3.16. The Hall–Kier alpha value is -4.97. The maximum Gasteiger partial charge on any atom is 0.407 e. The topological polar surface area (TPSA) is 155 Å². The Labute approximate surface area is 340 Å². The monoisotopic (exact) mass is 799 g/mol. The van der Waals surface area contributed by atoms with Crippen LogP contribution in [0.4, 0.5) is 4.79 Å². The number of hydrogen-bond acceptors (Lipinski definition) is 6. The molecule has 0 heterocycles. The summed E-state index contributed by atoms with van der Waals surface area (Å²) in [5.74, 6) is -1.66. The molecule has 0 fully saturated rings. The van der Waals surface area contributed by atoms with E-state index in [-0.39, 0.29) is 30.1 Å². The van der Waals surface area contributed by atoms with Gasteiger partial charge in [0.15, 0.2) is 0 Å². The van der Waals surface area contributed by atoms with E-state index in [1.807, 2.05) is 122 Å². The molecule has 57 heavy (non-hydrogen) atoms. The molecule has 5 N–H and O–H groups in total. The molecule has 5 atom stereocenters. The van der Waals surface area contributed by atoms with Gasteiger partial charge in [0.05, 0.1) is 0 Å². The van der Waals surface area contributed by atoms with Gasteiger partial charge < -0.3 is 31.3 Å². The number of hydrogen-bond donors (Lipinski definition) is 5. The van der Waals surface area contributed by atoms with Crippen molar-refractivity contribution >= 4 is 48.2 Å². The van der Waals surface area contributed by atoms with Crippen molar-refractivity contribution in [1.82, 2.24) is 26.6 Å². The molecule has 0 unspecified atom stereocenters. The first-order valence-corrected chi connectivity index (χ1v) is 22.6. The molecule has 0 saturated carbocycles. The van der Waals surface area contributed by atoms with Crippen LogP contribution >= 0.6 is 0 Å². The van der Waals surface area contributed by atoms with Crippen LogP contribution in [0.3, 0.4) is 0 Å². The zero-order valence-corrected chi connectivity index (χ0v) is 36.3. The second kappa shape index (κ2) is 22.1. The first-order valence-electron chi connectivity index (χ1n) is 20.3. The number of nitrogens with one attached hydrogen (secondary N) is 5. The Morgan fingerprint density at radius 2 is 1.23 bits per heavy atom. The second-order valence-corrected chi connectivity index (χ2v) is 20.6. The predicted molar refractivity (Wildman–Crippen MR) is 230 cm³/mol. The van der Waals surface area contributed by atoms with Crippen LogP contribution in [0.25, 0.3) is 0 Å². The number of carbonyl (C=O) groups excluding carboxylic acids is 5. The van der Waals surface area contributed by atoms with Gasteiger partial charge >= 0.3 is 6.09 Å². The van der Waals surface area contributed by atoms with Crippen molar-refractivity contribution in [3.8, 4) is 0 Å². The van der Waals surface area contributed by atoms with E-state index >= 15 is 0 Å². The van der Waals surface area contributed by atoms with Crippen molar-refractivity contribution in [2.75, 3.05) is 6.54 Å². The van der Waals surface area contributed by atoms with Crippen LogP contribution in [-0.4, -0.2) is 73.7 Å². The summed E-state index contributed by atoms with van der Waals surface area (Å²) in [5, 5.41) is 16.7. The van der Waals surface area contributed by atoms with Gasteiger partial charge in [0.2, 0.25) is 23.6 Å². The summed E-state index contributed by atoms with van der Waals surface area (Å²) in [5.41, 5.74) is -0.129. The van der Waals surface area contributed by atoms with Gasteiger partial charge in [-0.2, -0.15) is 0 Å². The van der Waals surface area contributed by atoms with E-state index in [1.54, 1.807) is 6.92 Å². The Bertz CT molecular complexity index is 1700. The third-order valence-corrected chi connectivity index (χ3v) is 15.5. The number of rotatable bonds is 20. The fourth-order valence-electron chi connectivity index (χ4n) is 7.08. The summed E-state index contributed by atoms with van der Waals surface area (Å²) in [6.07, 6.45) is 1.06. The maximum absolute atomic E-state index is 13.9. The van der Waals surface area contributed by atoms with E-state index in [0.29, 0.717) is 31.9 Å². The van der Waals surface area contributed by atoms with Crippen LogP contribution in [0.5, 0.6) is 0 Å². The Morgan fingerprint density at radius 3 is 1.72 bits per heavy atom. The zero-order valence-electron chi connectivity index (χ0n) is 35.3. The highest BCUT2D eigenvalue weighted by Gasteiger charge is 2.46. The third kappa shape index (κ3) is 14.2. The fourth-order valence-corrected chi connectivity index (χ4v) is 12.3. The van der Waals surface area contributed by atoms with Crippen LogP contribution < -0.4 is 37.0 Å². The molecular weight excluding hydrogens is 735 g/mol. The summed E-state index contributed by atoms with van der Waals surface area (Å²) in [4.78, 5) is 67.7. The Morgan fingerprint density at radius 1 is 0.684 bits per heavy atom. The molecule has 0 saturated heterocycles. The highest BCUT2D eigenvalue weighted by atomic mass is 28.3. The van der Waals surface area contributed by atoms with Crippen LogP contribution in [0.2, 0.25) is 6.04 Å². The number of amides is 5. The van der Waals surface area contributed by atoms with Crippen LogP contribution in [0, 0.1) is 11.8 Å². The van der Waals surface area contributed by atoms with Gasteiger partial charge in [-0.05, 0) is 70.9 Å². The minimum absolute atomic E-state index is 0.0631. The molecule has 3 aromatic rings. The number of carbonyl (C=O) groups is 5. The summed E-state index contributed by atoms with van der Waals surface area (Å²) >= 11 is 0. The van der Waals surface area contributed by atoms with Crippen molar-refractivity contribution in [2.45, 2.75) is 123 Å². The average molecular weight is 800 g/mol.